The van der Waals surface area contributed by atoms with Crippen molar-refractivity contribution in [1.29, 1.82) is 0 Å². The van der Waals surface area contributed by atoms with E-state index < -0.39 is 10.1 Å². The molecule has 0 unspecified atom stereocenters. The third-order valence-corrected chi connectivity index (χ3v) is 8.51. The van der Waals surface area contributed by atoms with Gasteiger partial charge in [-0.05, 0) is 67.6 Å². The molecule has 0 aliphatic heterocycles. The lowest BCUT2D eigenvalue weighted by atomic mass is 9.93. The van der Waals surface area contributed by atoms with Gasteiger partial charge in [0.05, 0.1) is 5.69 Å². The molecule has 0 aromatic heterocycles. The van der Waals surface area contributed by atoms with Crippen LogP contribution in [-0.2, 0) is 16.7 Å². The molecule has 0 saturated heterocycles. The van der Waals surface area contributed by atoms with Gasteiger partial charge in [-0.15, -0.1) is 0 Å². The molecule has 39 heavy (non-hydrogen) atoms. The third kappa shape index (κ3) is 7.41. The van der Waals surface area contributed by atoms with Crippen molar-refractivity contribution in [2.45, 2.75) is 76.3 Å². The Kier molecular flexibility index (Phi) is 9.33. The van der Waals surface area contributed by atoms with Crippen LogP contribution in [0.25, 0.3) is 0 Å². The van der Waals surface area contributed by atoms with Crippen LogP contribution in [0.1, 0.15) is 68.6 Å². The summed E-state index contributed by atoms with van der Waals surface area (Å²) in [6.45, 7) is 6.71. The summed E-state index contributed by atoms with van der Waals surface area (Å²) in [6.07, 6.45) is 5.73. The van der Waals surface area contributed by atoms with E-state index in [-0.39, 0.29) is 4.90 Å². The molecule has 6 nitrogen and oxygen atoms in total. The topological polar surface area (TPSA) is 62.2 Å². The van der Waals surface area contributed by atoms with Gasteiger partial charge in [-0.3, -0.25) is 0 Å². The van der Waals surface area contributed by atoms with Crippen LogP contribution in [0.5, 0.6) is 5.75 Å². The predicted octanol–water partition coefficient (Wildman–Crippen LogP) is 7.27. The summed E-state index contributed by atoms with van der Waals surface area (Å²) < 4.78 is 32.4. The molecule has 208 valence electrons. The van der Waals surface area contributed by atoms with E-state index in [2.05, 4.69) is 29.7 Å². The van der Waals surface area contributed by atoms with E-state index in [1.54, 1.807) is 30.3 Å². The summed E-state index contributed by atoms with van der Waals surface area (Å²) in [7, 11) is 0.0399. The first-order valence-electron chi connectivity index (χ1n) is 13.9. The Morgan fingerprint density at radius 2 is 1.62 bits per heavy atom. The molecule has 7 heteroatoms. The fraction of sp³-hybridized carbons (Fsp3) is 0.406. The van der Waals surface area contributed by atoms with E-state index in [0.717, 1.165) is 41.2 Å². The Morgan fingerprint density at radius 1 is 0.949 bits per heavy atom. The lowest BCUT2D eigenvalue weighted by Crippen LogP contribution is -2.47. The summed E-state index contributed by atoms with van der Waals surface area (Å²) >= 11 is 0. The monoisotopic (exact) mass is 547 g/mol. The second-order valence-electron chi connectivity index (χ2n) is 10.9. The Balaban J connectivity index is 1.77. The molecule has 0 radical (unpaired) electrons. The number of rotatable bonds is 8. The molecular formula is C32H41N3O3S. The van der Waals surface area contributed by atoms with E-state index in [0.29, 0.717) is 24.3 Å². The number of aryl methyl sites for hydroxylation is 1. The van der Waals surface area contributed by atoms with Crippen LogP contribution in [0.4, 0.5) is 5.69 Å². The van der Waals surface area contributed by atoms with Gasteiger partial charge < -0.3 is 14.0 Å². The van der Waals surface area contributed by atoms with Gasteiger partial charge in [0, 0.05) is 32.2 Å². The minimum atomic E-state index is -3.99. The standard InChI is InChI=1S/C32H41N3O3S/c1-24(2)26-18-21-31(38-39(36,37)30-19-16-25(3)17-20-30)27(22-26)23-35(29-14-10-7-11-15-29)32(34(4)5)33-28-12-8-6-9-13-28/h6,8-9,12-13,16-22,24,29H,7,10-11,14-15,23H2,1-5H3. The van der Waals surface area contributed by atoms with Gasteiger partial charge in [0.15, 0.2) is 0 Å². The summed E-state index contributed by atoms with van der Waals surface area (Å²) in [5.74, 6) is 1.51. The van der Waals surface area contributed by atoms with E-state index in [1.807, 2.05) is 57.4 Å². The number of guanidine groups is 1. The minimum absolute atomic E-state index is 0.149. The summed E-state index contributed by atoms with van der Waals surface area (Å²) in [5.41, 5.74) is 3.86. The molecule has 0 bridgehead atoms. The zero-order valence-corrected chi connectivity index (χ0v) is 24.6. The van der Waals surface area contributed by atoms with Crippen LogP contribution < -0.4 is 4.18 Å². The van der Waals surface area contributed by atoms with E-state index in [1.165, 1.54) is 19.3 Å². The van der Waals surface area contributed by atoms with Gasteiger partial charge in [-0.1, -0.05) is 75.1 Å². The summed E-state index contributed by atoms with van der Waals surface area (Å²) in [5, 5.41) is 0. The Labute approximate surface area is 234 Å². The maximum atomic E-state index is 13.3. The van der Waals surface area contributed by atoms with Gasteiger partial charge in [0.1, 0.15) is 10.6 Å². The quantitative estimate of drug-likeness (QED) is 0.169. The normalized spacial score (nSPS) is 14.9. The van der Waals surface area contributed by atoms with Crippen LogP contribution in [0.2, 0.25) is 0 Å². The third-order valence-electron chi connectivity index (χ3n) is 7.26. The molecule has 1 saturated carbocycles. The van der Waals surface area contributed by atoms with E-state index in [4.69, 9.17) is 9.18 Å². The molecule has 1 aliphatic carbocycles. The first-order chi connectivity index (χ1) is 18.6. The Morgan fingerprint density at radius 3 is 2.23 bits per heavy atom. The lowest BCUT2D eigenvalue weighted by Gasteiger charge is -2.39. The van der Waals surface area contributed by atoms with Crippen LogP contribution in [0, 0.1) is 6.92 Å². The highest BCUT2D eigenvalue weighted by Gasteiger charge is 2.28. The molecule has 0 heterocycles. The van der Waals surface area contributed by atoms with Crippen LogP contribution in [0.3, 0.4) is 0 Å². The van der Waals surface area contributed by atoms with Crippen molar-refractivity contribution in [3.63, 3.8) is 0 Å². The van der Waals surface area contributed by atoms with Gasteiger partial charge in [-0.25, -0.2) is 4.99 Å². The zero-order chi connectivity index (χ0) is 28.0. The van der Waals surface area contributed by atoms with E-state index >= 15 is 0 Å². The second kappa shape index (κ2) is 12.7. The maximum Gasteiger partial charge on any atom is 0.339 e. The largest absolute Gasteiger partial charge is 0.379 e. The Hall–Kier alpha value is -3.32. The fourth-order valence-corrected chi connectivity index (χ4v) is 5.98. The van der Waals surface area contributed by atoms with Gasteiger partial charge in [0.25, 0.3) is 0 Å². The molecule has 0 amide bonds. The molecule has 1 fully saturated rings. The molecule has 4 rings (SSSR count). The van der Waals surface area contributed by atoms with Crippen LogP contribution in [0.15, 0.2) is 82.7 Å². The molecule has 3 aromatic carbocycles. The van der Waals surface area contributed by atoms with Gasteiger partial charge >= 0.3 is 10.1 Å². The highest BCUT2D eigenvalue weighted by atomic mass is 32.2. The molecule has 3 aromatic rings. The summed E-state index contributed by atoms with van der Waals surface area (Å²) in [4.78, 5) is 9.60. The van der Waals surface area contributed by atoms with Crippen molar-refractivity contribution in [3.05, 3.63) is 89.5 Å². The number of aliphatic imine (C=N–C) groups is 1. The number of hydrogen-bond acceptors (Lipinski definition) is 4. The number of benzene rings is 3. The number of nitrogens with zero attached hydrogens (tertiary/aromatic N) is 3. The highest BCUT2D eigenvalue weighted by molar-refractivity contribution is 7.87. The highest BCUT2D eigenvalue weighted by Crippen LogP contribution is 2.32. The average Bonchev–Trinajstić information content (AvgIpc) is 2.92. The lowest BCUT2D eigenvalue weighted by molar-refractivity contribution is 0.216. The predicted molar refractivity (Wildman–Crippen MR) is 159 cm³/mol. The first-order valence-corrected chi connectivity index (χ1v) is 15.3. The SMILES string of the molecule is Cc1ccc(S(=O)(=O)Oc2ccc(C(C)C)cc2CN(C(=Nc2ccccc2)N(C)C)C2CCCCC2)cc1. The van der Waals surface area contributed by atoms with Crippen molar-refractivity contribution in [1.82, 2.24) is 9.80 Å². The van der Waals surface area contributed by atoms with Crippen molar-refractivity contribution in [2.75, 3.05) is 14.1 Å². The molecule has 1 aliphatic rings. The number of hydrogen-bond donors (Lipinski definition) is 0. The average molecular weight is 548 g/mol. The fourth-order valence-electron chi connectivity index (χ4n) is 5.01. The summed E-state index contributed by atoms with van der Waals surface area (Å²) in [6, 6.07) is 22.9. The van der Waals surface area contributed by atoms with Crippen molar-refractivity contribution >= 4 is 21.8 Å². The Bertz CT molecular complexity index is 1360. The molecule has 0 atom stereocenters. The van der Waals surface area contributed by atoms with Crippen LogP contribution >= 0.6 is 0 Å². The minimum Gasteiger partial charge on any atom is -0.379 e. The van der Waals surface area contributed by atoms with E-state index in [9.17, 15) is 8.42 Å². The second-order valence-corrected chi connectivity index (χ2v) is 12.5. The van der Waals surface area contributed by atoms with Crippen molar-refractivity contribution < 1.29 is 12.6 Å². The smallest absolute Gasteiger partial charge is 0.339 e. The van der Waals surface area contributed by atoms with Crippen LogP contribution in [-0.4, -0.2) is 44.3 Å². The number of para-hydroxylation sites is 1. The molecular weight excluding hydrogens is 506 g/mol. The van der Waals surface area contributed by atoms with Crippen molar-refractivity contribution in [2.24, 2.45) is 4.99 Å². The van der Waals surface area contributed by atoms with Gasteiger partial charge in [-0.2, -0.15) is 8.42 Å². The molecule has 0 N–H and O–H groups in total. The van der Waals surface area contributed by atoms with Gasteiger partial charge in [0.2, 0.25) is 5.96 Å². The zero-order valence-electron chi connectivity index (χ0n) is 23.8. The first kappa shape index (κ1) is 28.7. The maximum absolute atomic E-state index is 13.3. The molecule has 0 spiro atoms. The van der Waals surface area contributed by atoms with Crippen molar-refractivity contribution in [3.8, 4) is 5.75 Å².